The minimum Gasteiger partial charge on any atom is -0.491 e. The van der Waals surface area contributed by atoms with E-state index < -0.39 is 0 Å². The molecule has 0 aliphatic heterocycles. The van der Waals surface area contributed by atoms with Gasteiger partial charge in [-0.25, -0.2) is 4.99 Å². The van der Waals surface area contributed by atoms with Crippen molar-refractivity contribution in [3.63, 3.8) is 0 Å². The van der Waals surface area contributed by atoms with Crippen LogP contribution >= 0.6 is 0 Å². The first-order valence-electron chi connectivity index (χ1n) is 9.61. The number of ether oxygens (including phenoxy) is 2. The standard InChI is InChI=1S/C20H36N4O2/c1-6-21-20(22-11-12-24(5)7-2)23-16-18-10-9-17(4)15-19(18)26-14-13-25-8-3/h9-10,15H,6-8,11-14,16H2,1-5H3,(H2,21,22,23). The SMILES string of the molecule is CCNC(=NCc1ccc(C)cc1OCCOCC)NCCN(C)CC. The van der Waals surface area contributed by atoms with Crippen LogP contribution in [0.25, 0.3) is 0 Å². The maximum Gasteiger partial charge on any atom is 0.191 e. The van der Waals surface area contributed by atoms with Crippen LogP contribution in [-0.4, -0.2) is 63.9 Å². The summed E-state index contributed by atoms with van der Waals surface area (Å²) in [6.45, 7) is 14.4. The third-order valence-electron chi connectivity index (χ3n) is 3.99. The Morgan fingerprint density at radius 3 is 2.65 bits per heavy atom. The third-order valence-corrected chi connectivity index (χ3v) is 3.99. The van der Waals surface area contributed by atoms with Gasteiger partial charge in [-0.05, 0) is 46.0 Å². The first kappa shape index (κ1) is 22.3. The molecule has 0 amide bonds. The molecule has 1 aromatic carbocycles. The van der Waals surface area contributed by atoms with Crippen molar-refractivity contribution >= 4 is 5.96 Å². The average Bonchev–Trinajstić information content (AvgIpc) is 2.64. The van der Waals surface area contributed by atoms with Gasteiger partial charge < -0.3 is 25.0 Å². The van der Waals surface area contributed by atoms with Gasteiger partial charge in [0.1, 0.15) is 12.4 Å². The summed E-state index contributed by atoms with van der Waals surface area (Å²) in [7, 11) is 2.11. The molecule has 1 rings (SSSR count). The molecule has 26 heavy (non-hydrogen) atoms. The molecular weight excluding hydrogens is 328 g/mol. The van der Waals surface area contributed by atoms with Crippen LogP contribution in [0.15, 0.2) is 23.2 Å². The Labute approximate surface area is 159 Å². The zero-order chi connectivity index (χ0) is 19.2. The van der Waals surface area contributed by atoms with Crippen LogP contribution in [0, 0.1) is 6.92 Å². The topological polar surface area (TPSA) is 58.1 Å². The van der Waals surface area contributed by atoms with Crippen LogP contribution in [0.4, 0.5) is 0 Å². The van der Waals surface area contributed by atoms with Gasteiger partial charge in [0, 0.05) is 31.8 Å². The number of nitrogens with one attached hydrogen (secondary N) is 2. The molecular formula is C20H36N4O2. The van der Waals surface area contributed by atoms with E-state index in [0.29, 0.717) is 26.4 Å². The lowest BCUT2D eigenvalue weighted by molar-refractivity contribution is 0.110. The van der Waals surface area contributed by atoms with E-state index in [-0.39, 0.29) is 0 Å². The van der Waals surface area contributed by atoms with Gasteiger partial charge in [0.05, 0.1) is 13.2 Å². The Balaban J connectivity index is 2.68. The predicted octanol–water partition coefficient (Wildman–Crippen LogP) is 2.42. The molecule has 2 N–H and O–H groups in total. The minimum absolute atomic E-state index is 0.551. The molecule has 0 radical (unpaired) electrons. The number of hydrogen-bond acceptors (Lipinski definition) is 4. The van der Waals surface area contributed by atoms with Crippen molar-refractivity contribution in [3.8, 4) is 5.75 Å². The summed E-state index contributed by atoms with van der Waals surface area (Å²) in [5, 5.41) is 6.68. The molecule has 6 nitrogen and oxygen atoms in total. The average molecular weight is 365 g/mol. The van der Waals surface area contributed by atoms with Crippen LogP contribution in [0.1, 0.15) is 31.9 Å². The zero-order valence-corrected chi connectivity index (χ0v) is 17.1. The number of aryl methyl sites for hydroxylation is 1. The number of rotatable bonds is 12. The summed E-state index contributed by atoms with van der Waals surface area (Å²) >= 11 is 0. The lowest BCUT2D eigenvalue weighted by atomic mass is 10.1. The summed E-state index contributed by atoms with van der Waals surface area (Å²) in [5.74, 6) is 1.72. The Morgan fingerprint density at radius 1 is 1.15 bits per heavy atom. The third kappa shape index (κ3) is 9.06. The van der Waals surface area contributed by atoms with Crippen molar-refractivity contribution in [1.82, 2.24) is 15.5 Å². The summed E-state index contributed by atoms with van der Waals surface area (Å²) in [4.78, 5) is 6.97. The van der Waals surface area contributed by atoms with Crippen molar-refractivity contribution in [3.05, 3.63) is 29.3 Å². The Hall–Kier alpha value is -1.79. The highest BCUT2D eigenvalue weighted by Gasteiger charge is 2.05. The van der Waals surface area contributed by atoms with Crippen molar-refractivity contribution < 1.29 is 9.47 Å². The van der Waals surface area contributed by atoms with Gasteiger partial charge in [-0.2, -0.15) is 0 Å². The molecule has 0 aliphatic rings. The van der Waals surface area contributed by atoms with Gasteiger partial charge in [-0.15, -0.1) is 0 Å². The van der Waals surface area contributed by atoms with Gasteiger partial charge >= 0.3 is 0 Å². The summed E-state index contributed by atoms with van der Waals surface area (Å²) in [5.41, 5.74) is 2.26. The highest BCUT2D eigenvalue weighted by atomic mass is 16.5. The monoisotopic (exact) mass is 364 g/mol. The van der Waals surface area contributed by atoms with Gasteiger partial charge in [0.25, 0.3) is 0 Å². The molecule has 0 bridgehead atoms. The lowest BCUT2D eigenvalue weighted by Gasteiger charge is -2.16. The molecule has 0 saturated carbocycles. The number of benzene rings is 1. The molecule has 0 heterocycles. The molecule has 0 aromatic heterocycles. The second-order valence-electron chi connectivity index (χ2n) is 6.17. The van der Waals surface area contributed by atoms with Gasteiger partial charge in [-0.3, -0.25) is 0 Å². The Bertz CT molecular complexity index is 535. The van der Waals surface area contributed by atoms with Gasteiger partial charge in [0.15, 0.2) is 5.96 Å². The smallest absolute Gasteiger partial charge is 0.191 e. The fraction of sp³-hybridized carbons (Fsp3) is 0.650. The van der Waals surface area contributed by atoms with Crippen LogP contribution in [0.5, 0.6) is 5.75 Å². The van der Waals surface area contributed by atoms with Crippen LogP contribution in [0.3, 0.4) is 0 Å². The molecule has 1 aromatic rings. The number of nitrogens with zero attached hydrogens (tertiary/aromatic N) is 2. The first-order valence-corrected chi connectivity index (χ1v) is 9.61. The van der Waals surface area contributed by atoms with E-state index in [0.717, 1.165) is 43.5 Å². The van der Waals surface area contributed by atoms with Crippen LogP contribution in [-0.2, 0) is 11.3 Å². The second-order valence-corrected chi connectivity index (χ2v) is 6.17. The summed E-state index contributed by atoms with van der Waals surface area (Å²) in [6, 6.07) is 6.24. The molecule has 6 heteroatoms. The maximum atomic E-state index is 5.90. The van der Waals surface area contributed by atoms with Crippen LogP contribution < -0.4 is 15.4 Å². The largest absolute Gasteiger partial charge is 0.491 e. The zero-order valence-electron chi connectivity index (χ0n) is 17.1. The van der Waals surface area contributed by atoms with E-state index in [9.17, 15) is 0 Å². The maximum absolute atomic E-state index is 5.90. The Kier molecular flexibility index (Phi) is 11.5. The van der Waals surface area contributed by atoms with E-state index in [4.69, 9.17) is 14.5 Å². The van der Waals surface area contributed by atoms with Gasteiger partial charge in [-0.1, -0.05) is 19.1 Å². The summed E-state index contributed by atoms with van der Waals surface area (Å²) < 4.78 is 11.2. The number of hydrogen-bond donors (Lipinski definition) is 2. The highest BCUT2D eigenvalue weighted by molar-refractivity contribution is 5.79. The molecule has 0 unspecified atom stereocenters. The van der Waals surface area contributed by atoms with Crippen molar-refractivity contribution in [1.29, 1.82) is 0 Å². The second kappa shape index (κ2) is 13.4. The normalized spacial score (nSPS) is 11.7. The van der Waals surface area contributed by atoms with Crippen molar-refractivity contribution in [2.75, 3.05) is 53.0 Å². The molecule has 0 aliphatic carbocycles. The fourth-order valence-corrected chi connectivity index (χ4v) is 2.31. The van der Waals surface area contributed by atoms with E-state index in [1.165, 1.54) is 5.56 Å². The number of aliphatic imine (C=N–C) groups is 1. The van der Waals surface area contributed by atoms with Crippen LogP contribution in [0.2, 0.25) is 0 Å². The van der Waals surface area contributed by atoms with E-state index in [1.54, 1.807) is 0 Å². The molecule has 148 valence electrons. The highest BCUT2D eigenvalue weighted by Crippen LogP contribution is 2.21. The molecule has 0 fully saturated rings. The Morgan fingerprint density at radius 2 is 1.96 bits per heavy atom. The quantitative estimate of drug-likeness (QED) is 0.339. The number of guanidine groups is 1. The van der Waals surface area contributed by atoms with E-state index >= 15 is 0 Å². The van der Waals surface area contributed by atoms with Crippen molar-refractivity contribution in [2.45, 2.75) is 34.2 Å². The fourth-order valence-electron chi connectivity index (χ4n) is 2.31. The number of likely N-dealkylation sites (N-methyl/N-ethyl adjacent to an activating group) is 1. The first-order chi connectivity index (χ1) is 12.6. The predicted molar refractivity (Wildman–Crippen MR) is 109 cm³/mol. The lowest BCUT2D eigenvalue weighted by Crippen LogP contribution is -2.40. The van der Waals surface area contributed by atoms with E-state index in [1.807, 2.05) is 6.92 Å². The van der Waals surface area contributed by atoms with E-state index in [2.05, 4.69) is 61.6 Å². The minimum atomic E-state index is 0.551. The van der Waals surface area contributed by atoms with Crippen molar-refractivity contribution in [2.24, 2.45) is 4.99 Å². The summed E-state index contributed by atoms with van der Waals surface area (Å²) in [6.07, 6.45) is 0. The molecule has 0 atom stereocenters. The van der Waals surface area contributed by atoms with Gasteiger partial charge in [0.2, 0.25) is 0 Å². The molecule has 0 saturated heterocycles. The molecule has 0 spiro atoms.